The first-order chi connectivity index (χ1) is 7.77. The number of hydrogen-bond donors (Lipinski definition) is 0. The zero-order valence-electron chi connectivity index (χ0n) is 9.88. The molecule has 2 saturated carbocycles. The van der Waals surface area contributed by atoms with E-state index in [1.165, 1.54) is 0 Å². The van der Waals surface area contributed by atoms with Crippen LogP contribution in [0.3, 0.4) is 0 Å². The van der Waals surface area contributed by atoms with Crippen molar-refractivity contribution < 1.29 is 21.0 Å². The molecule has 100 valence electrons. The van der Waals surface area contributed by atoms with E-state index < -0.39 is 24.7 Å². The average Bonchev–Trinajstić information content (AvgIpc) is 2.80. The van der Waals surface area contributed by atoms with Crippen molar-refractivity contribution in [1.82, 2.24) is 0 Å². The standard InChI is InChI=1S/C10H18O5S2/c1-16(11,12)15-8-10(6-7-10)17(13,14)9-4-2-3-5-9/h9H,2-8H2,1H3. The van der Waals surface area contributed by atoms with Crippen molar-refractivity contribution in [2.75, 3.05) is 12.9 Å². The minimum Gasteiger partial charge on any atom is -0.269 e. The van der Waals surface area contributed by atoms with Crippen LogP contribution < -0.4 is 0 Å². The zero-order chi connectivity index (χ0) is 12.7. The van der Waals surface area contributed by atoms with Crippen molar-refractivity contribution in [3.8, 4) is 0 Å². The molecule has 17 heavy (non-hydrogen) atoms. The topological polar surface area (TPSA) is 77.5 Å². The molecule has 2 aliphatic rings. The molecule has 2 aliphatic carbocycles. The van der Waals surface area contributed by atoms with E-state index in [1.807, 2.05) is 0 Å². The highest BCUT2D eigenvalue weighted by atomic mass is 32.2. The van der Waals surface area contributed by atoms with Gasteiger partial charge in [0, 0.05) is 0 Å². The van der Waals surface area contributed by atoms with Crippen molar-refractivity contribution in [1.29, 1.82) is 0 Å². The molecule has 0 aliphatic heterocycles. The number of sulfone groups is 1. The maximum atomic E-state index is 12.4. The molecular formula is C10H18O5S2. The molecule has 0 spiro atoms. The Hall–Kier alpha value is -0.140. The quantitative estimate of drug-likeness (QED) is 0.699. The summed E-state index contributed by atoms with van der Waals surface area (Å²) in [6.45, 7) is -0.204. The van der Waals surface area contributed by atoms with Gasteiger partial charge in [-0.3, -0.25) is 4.18 Å². The summed E-state index contributed by atoms with van der Waals surface area (Å²) in [4.78, 5) is 0. The summed E-state index contributed by atoms with van der Waals surface area (Å²) in [6.07, 6.45) is 5.33. The summed E-state index contributed by atoms with van der Waals surface area (Å²) < 4.78 is 50.4. The van der Waals surface area contributed by atoms with Crippen molar-refractivity contribution in [2.24, 2.45) is 0 Å². The van der Waals surface area contributed by atoms with E-state index >= 15 is 0 Å². The molecule has 0 saturated heterocycles. The fourth-order valence-electron chi connectivity index (χ4n) is 2.42. The Morgan fingerprint density at radius 1 is 1.12 bits per heavy atom. The van der Waals surface area contributed by atoms with Crippen molar-refractivity contribution >= 4 is 20.0 Å². The van der Waals surface area contributed by atoms with Crippen LogP contribution in [0.15, 0.2) is 0 Å². The monoisotopic (exact) mass is 282 g/mol. The second-order valence-corrected chi connectivity index (χ2v) is 9.37. The Labute approximate surface area is 103 Å². The first-order valence-electron chi connectivity index (χ1n) is 5.85. The molecule has 0 heterocycles. The number of rotatable bonds is 5. The molecule has 0 unspecified atom stereocenters. The SMILES string of the molecule is CS(=O)(=O)OCC1(S(=O)(=O)C2CCCC2)CC1. The van der Waals surface area contributed by atoms with Crippen molar-refractivity contribution in [3.63, 3.8) is 0 Å². The Kier molecular flexibility index (Phi) is 3.29. The Bertz CT molecular complexity index is 481. The highest BCUT2D eigenvalue weighted by Gasteiger charge is 2.57. The van der Waals surface area contributed by atoms with Gasteiger partial charge in [-0.2, -0.15) is 8.42 Å². The summed E-state index contributed by atoms with van der Waals surface area (Å²) in [5.41, 5.74) is 0. The second kappa shape index (κ2) is 4.20. The third kappa shape index (κ3) is 2.66. The molecule has 0 aromatic heterocycles. The highest BCUT2D eigenvalue weighted by Crippen LogP contribution is 2.48. The fraction of sp³-hybridized carbons (Fsp3) is 1.00. The highest BCUT2D eigenvalue weighted by molar-refractivity contribution is 7.93. The van der Waals surface area contributed by atoms with Gasteiger partial charge in [0.15, 0.2) is 9.84 Å². The molecule has 7 heteroatoms. The Morgan fingerprint density at radius 2 is 1.65 bits per heavy atom. The van der Waals surface area contributed by atoms with Crippen LogP contribution in [0.1, 0.15) is 38.5 Å². The molecule has 0 aromatic rings. The van der Waals surface area contributed by atoms with E-state index in [0.717, 1.165) is 19.1 Å². The zero-order valence-corrected chi connectivity index (χ0v) is 11.5. The lowest BCUT2D eigenvalue weighted by molar-refractivity contribution is 0.310. The third-order valence-electron chi connectivity index (χ3n) is 3.69. The maximum absolute atomic E-state index is 12.4. The van der Waals surface area contributed by atoms with Crippen LogP contribution in [-0.4, -0.2) is 39.7 Å². The van der Waals surface area contributed by atoms with Crippen LogP contribution >= 0.6 is 0 Å². The van der Waals surface area contributed by atoms with Gasteiger partial charge < -0.3 is 0 Å². The molecule has 5 nitrogen and oxygen atoms in total. The lowest BCUT2D eigenvalue weighted by Gasteiger charge is -2.20. The van der Waals surface area contributed by atoms with Gasteiger partial charge in [0.25, 0.3) is 10.1 Å². The van der Waals surface area contributed by atoms with Crippen LogP contribution in [0.25, 0.3) is 0 Å². The molecule has 0 bridgehead atoms. The van der Waals surface area contributed by atoms with Gasteiger partial charge in [-0.25, -0.2) is 8.42 Å². The molecule has 0 aromatic carbocycles. The summed E-state index contributed by atoms with van der Waals surface area (Å²) in [5, 5.41) is -0.284. The van der Waals surface area contributed by atoms with Crippen LogP contribution in [0, 0.1) is 0 Å². The average molecular weight is 282 g/mol. The molecular weight excluding hydrogens is 264 g/mol. The van der Waals surface area contributed by atoms with E-state index in [2.05, 4.69) is 0 Å². The van der Waals surface area contributed by atoms with E-state index in [1.54, 1.807) is 0 Å². The second-order valence-electron chi connectivity index (χ2n) is 5.10. The summed E-state index contributed by atoms with van der Waals surface area (Å²) in [6, 6.07) is 0. The third-order valence-corrected chi connectivity index (χ3v) is 7.32. The molecule has 2 fully saturated rings. The van der Waals surface area contributed by atoms with Crippen molar-refractivity contribution in [2.45, 2.75) is 48.5 Å². The molecule has 0 N–H and O–H groups in total. The normalized spacial score (nSPS) is 25.0. The molecule has 2 rings (SSSR count). The first-order valence-corrected chi connectivity index (χ1v) is 9.21. The van der Waals surface area contributed by atoms with Crippen LogP contribution in [0.2, 0.25) is 0 Å². The summed E-state index contributed by atoms with van der Waals surface area (Å²) in [5.74, 6) is 0. The Morgan fingerprint density at radius 3 is 2.06 bits per heavy atom. The van der Waals surface area contributed by atoms with Gasteiger partial charge in [0.05, 0.1) is 22.9 Å². The van der Waals surface area contributed by atoms with Crippen molar-refractivity contribution in [3.05, 3.63) is 0 Å². The predicted octanol–water partition coefficient (Wildman–Crippen LogP) is 0.853. The minimum atomic E-state index is -3.57. The van der Waals surface area contributed by atoms with Gasteiger partial charge in [-0.1, -0.05) is 12.8 Å². The van der Waals surface area contributed by atoms with Crippen LogP contribution in [-0.2, 0) is 24.1 Å². The van der Waals surface area contributed by atoms with Gasteiger partial charge in [-0.15, -0.1) is 0 Å². The lowest BCUT2D eigenvalue weighted by Crippen LogP contribution is -2.36. The van der Waals surface area contributed by atoms with E-state index in [0.29, 0.717) is 25.7 Å². The Balaban J connectivity index is 2.10. The maximum Gasteiger partial charge on any atom is 0.264 e. The van der Waals surface area contributed by atoms with Gasteiger partial charge in [-0.05, 0) is 25.7 Å². The molecule has 0 radical (unpaired) electrons. The van der Waals surface area contributed by atoms with E-state index in [4.69, 9.17) is 4.18 Å². The predicted molar refractivity (Wildman–Crippen MR) is 63.9 cm³/mol. The van der Waals surface area contributed by atoms with Gasteiger partial charge >= 0.3 is 0 Å². The summed E-state index contributed by atoms with van der Waals surface area (Å²) >= 11 is 0. The van der Waals surface area contributed by atoms with Crippen LogP contribution in [0.5, 0.6) is 0 Å². The minimum absolute atomic E-state index is 0.204. The smallest absolute Gasteiger partial charge is 0.264 e. The molecule has 0 atom stereocenters. The summed E-state index contributed by atoms with van der Waals surface area (Å²) in [7, 11) is -6.80. The van der Waals surface area contributed by atoms with Gasteiger partial charge in [0.2, 0.25) is 0 Å². The van der Waals surface area contributed by atoms with E-state index in [9.17, 15) is 16.8 Å². The fourth-order valence-corrected chi connectivity index (χ4v) is 5.49. The van der Waals surface area contributed by atoms with Crippen LogP contribution in [0.4, 0.5) is 0 Å². The van der Waals surface area contributed by atoms with E-state index in [-0.39, 0.29) is 11.9 Å². The van der Waals surface area contributed by atoms with Gasteiger partial charge in [0.1, 0.15) is 0 Å². The largest absolute Gasteiger partial charge is 0.269 e. The lowest BCUT2D eigenvalue weighted by atomic mass is 10.4. The first kappa shape index (κ1) is 13.3. The molecule has 0 amide bonds. The number of hydrogen-bond acceptors (Lipinski definition) is 5.